The minimum atomic E-state index is -0.766. The van der Waals surface area contributed by atoms with Crippen molar-refractivity contribution in [1.82, 2.24) is 0 Å². The van der Waals surface area contributed by atoms with E-state index in [1.165, 1.54) is 23.0 Å². The van der Waals surface area contributed by atoms with Crippen LogP contribution < -0.4 is 18.9 Å². The van der Waals surface area contributed by atoms with Crippen LogP contribution in [0.2, 0.25) is 0 Å². The van der Waals surface area contributed by atoms with E-state index in [4.69, 9.17) is 28.4 Å². The molecule has 0 bridgehead atoms. The van der Waals surface area contributed by atoms with E-state index in [1.54, 1.807) is 0 Å². The maximum atomic E-state index is 6.75. The SMILES string of the molecule is CC1(C)CC2(CC(C)(C)c3ccc(OC[C-]4COC4)cc3O2)Oc2cc(OC[C-]3COC3)ccc21.[W].[W]. The van der Waals surface area contributed by atoms with Gasteiger partial charge in [0.05, 0.1) is 0 Å². The fourth-order valence-electron chi connectivity index (χ4n) is 5.67. The van der Waals surface area contributed by atoms with Crippen LogP contribution in [0.3, 0.4) is 0 Å². The summed E-state index contributed by atoms with van der Waals surface area (Å²) < 4.78 is 36.0. The van der Waals surface area contributed by atoms with E-state index in [-0.39, 0.29) is 53.0 Å². The number of hydrogen-bond donors (Lipinski definition) is 0. The maximum Gasteiger partial charge on any atom is 0.252 e. The number of benzene rings is 2. The third-order valence-corrected chi connectivity index (χ3v) is 7.49. The first-order valence-electron chi connectivity index (χ1n) is 12.5. The minimum Gasteiger partial charge on any atom is -0.525 e. The molecule has 2 aromatic rings. The molecule has 0 saturated carbocycles. The zero-order chi connectivity index (χ0) is 24.3. The van der Waals surface area contributed by atoms with Crippen LogP contribution in [-0.4, -0.2) is 45.4 Å². The third-order valence-electron chi connectivity index (χ3n) is 7.49. The molecular weight excluding hydrogens is 812 g/mol. The van der Waals surface area contributed by atoms with Crippen molar-refractivity contribution in [3.8, 4) is 23.0 Å². The molecule has 2 aromatic carbocycles. The monoisotopic (exact) mass is 846 g/mol. The Morgan fingerprint density at radius 3 is 1.43 bits per heavy atom. The van der Waals surface area contributed by atoms with E-state index < -0.39 is 5.79 Å². The largest absolute Gasteiger partial charge is 0.525 e. The molecule has 0 radical (unpaired) electrons. The molecule has 1 spiro atoms. The second kappa shape index (κ2) is 10.8. The van der Waals surface area contributed by atoms with Crippen molar-refractivity contribution in [2.75, 3.05) is 39.6 Å². The molecule has 6 nitrogen and oxygen atoms in total. The topological polar surface area (TPSA) is 55.4 Å². The molecule has 0 aliphatic carbocycles. The van der Waals surface area contributed by atoms with E-state index >= 15 is 0 Å². The summed E-state index contributed by atoms with van der Waals surface area (Å²) in [5, 5.41) is 0. The Labute approximate surface area is 248 Å². The van der Waals surface area contributed by atoms with Crippen LogP contribution in [0.25, 0.3) is 0 Å². The normalized spacial score (nSPS) is 22.4. The average molecular weight is 846 g/mol. The van der Waals surface area contributed by atoms with Gasteiger partial charge in [-0.3, -0.25) is 0 Å². The zero-order valence-electron chi connectivity index (χ0n) is 21.9. The van der Waals surface area contributed by atoms with Crippen molar-refractivity contribution in [2.24, 2.45) is 0 Å². The Bertz CT molecular complexity index is 1020. The van der Waals surface area contributed by atoms with Gasteiger partial charge in [0.2, 0.25) is 0 Å². The molecule has 200 valence electrons. The van der Waals surface area contributed by atoms with E-state index in [1.807, 2.05) is 24.3 Å². The molecular formula is C29H34O6W2-2. The predicted octanol–water partition coefficient (Wildman–Crippen LogP) is 5.17. The molecule has 4 heterocycles. The zero-order valence-corrected chi connectivity index (χ0v) is 27.8. The van der Waals surface area contributed by atoms with Crippen molar-refractivity contribution in [3.63, 3.8) is 0 Å². The Kier molecular flexibility index (Phi) is 8.47. The summed E-state index contributed by atoms with van der Waals surface area (Å²) in [5.74, 6) is 5.06. The van der Waals surface area contributed by atoms with Gasteiger partial charge in [-0.1, -0.05) is 66.3 Å². The van der Waals surface area contributed by atoms with Gasteiger partial charge < -0.3 is 28.4 Å². The molecule has 0 atom stereocenters. The first-order chi connectivity index (χ1) is 16.7. The van der Waals surface area contributed by atoms with E-state index in [0.717, 1.165) is 35.8 Å². The van der Waals surface area contributed by atoms with Gasteiger partial charge in [0.25, 0.3) is 5.79 Å². The van der Waals surface area contributed by atoms with Gasteiger partial charge in [0.15, 0.2) is 0 Å². The van der Waals surface area contributed by atoms with Gasteiger partial charge in [0.1, 0.15) is 23.0 Å². The number of hydrogen-bond acceptors (Lipinski definition) is 6. The van der Waals surface area contributed by atoms with Crippen LogP contribution in [0.5, 0.6) is 23.0 Å². The van der Waals surface area contributed by atoms with Gasteiger partial charge in [-0.05, 0) is 25.3 Å². The van der Waals surface area contributed by atoms with Crippen LogP contribution >= 0.6 is 0 Å². The van der Waals surface area contributed by atoms with Crippen LogP contribution in [0, 0.1) is 11.8 Å². The molecule has 0 unspecified atom stereocenters. The first-order valence-corrected chi connectivity index (χ1v) is 12.5. The minimum absolute atomic E-state index is 0. The van der Waals surface area contributed by atoms with Gasteiger partial charge in [0, 0.05) is 89.1 Å². The molecule has 2 saturated heterocycles. The number of ether oxygens (including phenoxy) is 6. The van der Waals surface area contributed by atoms with Crippen LogP contribution in [0.4, 0.5) is 0 Å². The summed E-state index contributed by atoms with van der Waals surface area (Å²) in [5.41, 5.74) is 2.12. The van der Waals surface area contributed by atoms with Crippen molar-refractivity contribution >= 4 is 0 Å². The summed E-state index contributed by atoms with van der Waals surface area (Å²) >= 11 is 0. The molecule has 0 aromatic heterocycles. The van der Waals surface area contributed by atoms with Crippen molar-refractivity contribution in [2.45, 2.75) is 57.2 Å². The van der Waals surface area contributed by atoms with Crippen molar-refractivity contribution < 1.29 is 70.6 Å². The maximum absolute atomic E-state index is 6.75. The molecule has 2 fully saturated rings. The Balaban J connectivity index is 0.00000160. The second-order valence-electron chi connectivity index (χ2n) is 11.6. The summed E-state index contributed by atoms with van der Waals surface area (Å²) in [6, 6.07) is 12.4. The van der Waals surface area contributed by atoms with Gasteiger partial charge in [-0.25, -0.2) is 11.8 Å². The summed E-state index contributed by atoms with van der Waals surface area (Å²) in [6.07, 6.45) is 1.51. The first kappa shape index (κ1) is 28.9. The Morgan fingerprint density at radius 1 is 0.676 bits per heavy atom. The molecule has 6 rings (SSSR count). The fourth-order valence-corrected chi connectivity index (χ4v) is 5.67. The smallest absolute Gasteiger partial charge is 0.252 e. The van der Waals surface area contributed by atoms with Crippen LogP contribution in [0.15, 0.2) is 36.4 Å². The van der Waals surface area contributed by atoms with E-state index in [0.29, 0.717) is 39.6 Å². The molecule has 37 heavy (non-hydrogen) atoms. The van der Waals surface area contributed by atoms with Crippen molar-refractivity contribution in [3.05, 3.63) is 59.4 Å². The standard InChI is InChI=1S/C29H34O6.2W/c1-27(2)17-29(34-25-9-21(5-7-23(25)27)32-15-19-11-30-12-19)18-28(3,4)24-8-6-22(10-26(24)35-29)33-16-20-13-31-14-20;;/h5-10H,11-18H2,1-4H3;;/q-2;;. The van der Waals surface area contributed by atoms with E-state index in [2.05, 4.69) is 39.8 Å². The quantitative estimate of drug-likeness (QED) is 0.375. The molecule has 0 amide bonds. The molecule has 8 heteroatoms. The van der Waals surface area contributed by atoms with Crippen LogP contribution in [0.1, 0.15) is 51.7 Å². The predicted molar refractivity (Wildman–Crippen MR) is 131 cm³/mol. The van der Waals surface area contributed by atoms with E-state index in [9.17, 15) is 0 Å². The van der Waals surface area contributed by atoms with Crippen molar-refractivity contribution in [1.29, 1.82) is 0 Å². The van der Waals surface area contributed by atoms with Gasteiger partial charge in [-0.15, -0.1) is 0 Å². The summed E-state index contributed by atoms with van der Waals surface area (Å²) in [7, 11) is 0. The summed E-state index contributed by atoms with van der Waals surface area (Å²) in [6.45, 7) is 13.0. The number of fused-ring (bicyclic) bond motifs is 2. The van der Waals surface area contributed by atoms with Gasteiger partial charge >= 0.3 is 0 Å². The number of rotatable bonds is 6. The second-order valence-corrected chi connectivity index (χ2v) is 11.6. The molecule has 0 N–H and O–H groups in total. The average Bonchev–Trinajstić information content (AvgIpc) is 2.69. The Morgan fingerprint density at radius 2 is 1.08 bits per heavy atom. The molecule has 4 aliphatic rings. The van der Waals surface area contributed by atoms with Crippen LogP contribution in [-0.2, 0) is 62.4 Å². The molecule has 4 aliphatic heterocycles. The van der Waals surface area contributed by atoms with Gasteiger partial charge in [-0.2, -0.15) is 0 Å². The fraction of sp³-hybridized carbons (Fsp3) is 0.517. The Hall–Kier alpha value is -1.06. The third kappa shape index (κ3) is 5.79. The summed E-state index contributed by atoms with van der Waals surface area (Å²) in [4.78, 5) is 0.